The van der Waals surface area contributed by atoms with Gasteiger partial charge >= 0.3 is 0 Å². The number of rotatable bonds is 7. The summed E-state index contributed by atoms with van der Waals surface area (Å²) in [5.74, 6) is 0. The van der Waals surface area contributed by atoms with E-state index in [4.69, 9.17) is 9.84 Å². The lowest BCUT2D eigenvalue weighted by Gasteiger charge is -2.39. The largest absolute Gasteiger partial charge is 0.393 e. The fourth-order valence-corrected chi connectivity index (χ4v) is 4.27. The normalized spacial score (nSPS) is 33.9. The molecule has 0 bridgehead atoms. The van der Waals surface area contributed by atoms with Gasteiger partial charge in [0.25, 0.3) is 0 Å². The van der Waals surface area contributed by atoms with E-state index >= 15 is 0 Å². The van der Waals surface area contributed by atoms with Gasteiger partial charge in [0.1, 0.15) is 11.2 Å². The van der Waals surface area contributed by atoms with Gasteiger partial charge in [-0.05, 0) is 45.8 Å². The summed E-state index contributed by atoms with van der Waals surface area (Å²) in [6.07, 6.45) is 19.6. The van der Waals surface area contributed by atoms with Gasteiger partial charge in [0, 0.05) is 11.8 Å². The molecule has 0 aromatic heterocycles. The topological polar surface area (TPSA) is 53.0 Å². The Kier molecular flexibility index (Phi) is 7.08. The average molecular weight is 385 g/mol. The Morgan fingerprint density at radius 2 is 1.54 bits per heavy atom. The Hall–Kier alpha value is -1.68. The molecule has 3 atom stereocenters. The summed E-state index contributed by atoms with van der Waals surface area (Å²) in [5.41, 5.74) is 2.64. The molecular weight excluding hydrogens is 348 g/mol. The number of hydrogen-bond acceptors (Lipinski definition) is 3. The van der Waals surface area contributed by atoms with Crippen molar-refractivity contribution in [3.63, 3.8) is 0 Å². The molecule has 1 heterocycles. The van der Waals surface area contributed by atoms with Gasteiger partial charge < -0.3 is 14.9 Å². The smallest absolute Gasteiger partial charge is 0.121 e. The minimum Gasteiger partial charge on any atom is -0.393 e. The molecule has 1 saturated heterocycles. The predicted octanol–water partition coefficient (Wildman–Crippen LogP) is 5.19. The van der Waals surface area contributed by atoms with Gasteiger partial charge in [0.05, 0.1) is 12.7 Å². The summed E-state index contributed by atoms with van der Waals surface area (Å²) < 4.78 is 6.18. The third-order valence-corrected chi connectivity index (χ3v) is 5.91. The highest BCUT2D eigenvalue weighted by Gasteiger charge is 2.74. The van der Waals surface area contributed by atoms with E-state index < -0.39 is 0 Å². The van der Waals surface area contributed by atoms with Crippen LogP contribution in [0.4, 0.5) is 0 Å². The van der Waals surface area contributed by atoms with Crippen LogP contribution in [0.5, 0.6) is 0 Å². The van der Waals surface area contributed by atoms with E-state index in [9.17, 15) is 5.11 Å². The average Bonchev–Trinajstić information content (AvgIpc) is 3.22. The minimum atomic E-state index is -0.282. The van der Waals surface area contributed by atoms with Gasteiger partial charge in [0.2, 0.25) is 0 Å². The minimum absolute atomic E-state index is 0.0828. The van der Waals surface area contributed by atoms with Gasteiger partial charge in [-0.15, -0.1) is 0 Å². The van der Waals surface area contributed by atoms with Crippen molar-refractivity contribution in [2.45, 2.75) is 71.7 Å². The molecule has 0 unspecified atom stereocenters. The van der Waals surface area contributed by atoms with Crippen molar-refractivity contribution in [1.29, 1.82) is 0 Å². The maximum absolute atomic E-state index is 10.1. The highest BCUT2D eigenvalue weighted by molar-refractivity contribution is 5.36. The van der Waals surface area contributed by atoms with Gasteiger partial charge in [0.15, 0.2) is 0 Å². The highest BCUT2D eigenvalue weighted by Crippen LogP contribution is 2.66. The molecule has 0 aromatic carbocycles. The first kappa shape index (κ1) is 22.6. The van der Waals surface area contributed by atoms with E-state index in [1.165, 1.54) is 0 Å². The molecule has 2 fully saturated rings. The maximum Gasteiger partial charge on any atom is 0.121 e. The molecule has 0 amide bonds. The number of fused-ring (bicyclic) bond motifs is 1. The second-order valence-electron chi connectivity index (χ2n) is 9.08. The first-order valence-corrected chi connectivity index (χ1v) is 10.1. The van der Waals surface area contributed by atoms with Crippen LogP contribution in [-0.2, 0) is 4.74 Å². The van der Waals surface area contributed by atoms with E-state index in [0.717, 1.165) is 23.1 Å². The molecular formula is C25H36O3. The SMILES string of the molecule is CC(/C=C/C=C(C)/C=C/[C@@]12O[C@]1(C)C[C@@H](O)CC2(C)C)=C\C=C\C=C(/C)CO. The third-order valence-electron chi connectivity index (χ3n) is 5.91. The summed E-state index contributed by atoms with van der Waals surface area (Å²) in [5, 5.41) is 19.1. The van der Waals surface area contributed by atoms with E-state index in [1.807, 2.05) is 31.2 Å². The number of allylic oxidation sites excluding steroid dienone is 10. The van der Waals surface area contributed by atoms with Crippen molar-refractivity contribution >= 4 is 0 Å². The van der Waals surface area contributed by atoms with Crippen LogP contribution in [0.15, 0.2) is 71.4 Å². The Balaban J connectivity index is 1.98. The molecule has 0 radical (unpaired) electrons. The monoisotopic (exact) mass is 384 g/mol. The molecule has 3 heteroatoms. The van der Waals surface area contributed by atoms with Crippen molar-refractivity contribution in [3.8, 4) is 0 Å². The van der Waals surface area contributed by atoms with E-state index in [-0.39, 0.29) is 29.3 Å². The van der Waals surface area contributed by atoms with Gasteiger partial charge in [-0.1, -0.05) is 73.6 Å². The van der Waals surface area contributed by atoms with Crippen LogP contribution in [0.25, 0.3) is 0 Å². The molecule has 2 rings (SSSR count). The summed E-state index contributed by atoms with van der Waals surface area (Å²) in [6, 6.07) is 0. The van der Waals surface area contributed by atoms with Gasteiger partial charge in [-0.3, -0.25) is 0 Å². The van der Waals surface area contributed by atoms with Crippen molar-refractivity contribution in [2.75, 3.05) is 6.61 Å². The fourth-order valence-electron chi connectivity index (χ4n) is 4.27. The molecule has 3 nitrogen and oxygen atoms in total. The van der Waals surface area contributed by atoms with Crippen molar-refractivity contribution in [2.24, 2.45) is 5.41 Å². The Morgan fingerprint density at radius 1 is 0.929 bits per heavy atom. The first-order valence-electron chi connectivity index (χ1n) is 10.1. The Labute approximate surface area is 170 Å². The van der Waals surface area contributed by atoms with Crippen LogP contribution in [-0.4, -0.2) is 34.1 Å². The zero-order chi connectivity index (χ0) is 21.0. The van der Waals surface area contributed by atoms with Crippen molar-refractivity contribution in [3.05, 3.63) is 71.4 Å². The van der Waals surface area contributed by atoms with Gasteiger partial charge in [-0.2, -0.15) is 0 Å². The van der Waals surface area contributed by atoms with Crippen molar-refractivity contribution < 1.29 is 14.9 Å². The van der Waals surface area contributed by atoms with E-state index in [1.54, 1.807) is 0 Å². The molecule has 1 saturated carbocycles. The first-order chi connectivity index (χ1) is 13.1. The predicted molar refractivity (Wildman–Crippen MR) is 117 cm³/mol. The van der Waals surface area contributed by atoms with Crippen molar-refractivity contribution in [1.82, 2.24) is 0 Å². The van der Waals surface area contributed by atoms with Crippen LogP contribution in [0.1, 0.15) is 54.4 Å². The quantitative estimate of drug-likeness (QED) is 0.469. The van der Waals surface area contributed by atoms with Crippen LogP contribution >= 0.6 is 0 Å². The van der Waals surface area contributed by atoms with Gasteiger partial charge in [-0.25, -0.2) is 0 Å². The number of ether oxygens (including phenoxy) is 1. The Bertz CT molecular complexity index is 748. The molecule has 1 aliphatic carbocycles. The van der Waals surface area contributed by atoms with E-state index in [2.05, 4.69) is 65.0 Å². The second kappa shape index (κ2) is 8.77. The second-order valence-corrected chi connectivity index (χ2v) is 9.08. The van der Waals surface area contributed by atoms with E-state index in [0.29, 0.717) is 6.42 Å². The van der Waals surface area contributed by atoms with Crippen LogP contribution in [0, 0.1) is 5.41 Å². The molecule has 2 aliphatic rings. The maximum atomic E-state index is 10.1. The zero-order valence-electron chi connectivity index (χ0n) is 18.2. The lowest BCUT2D eigenvalue weighted by atomic mass is 9.63. The molecule has 154 valence electrons. The number of hydrogen-bond donors (Lipinski definition) is 2. The summed E-state index contributed by atoms with van der Waals surface area (Å²) >= 11 is 0. The van der Waals surface area contributed by atoms with Crippen LogP contribution in [0.2, 0.25) is 0 Å². The number of aliphatic hydroxyl groups excluding tert-OH is 2. The summed E-state index contributed by atoms with van der Waals surface area (Å²) in [7, 11) is 0. The molecule has 0 aromatic rings. The zero-order valence-corrected chi connectivity index (χ0v) is 18.2. The number of epoxide rings is 1. The van der Waals surface area contributed by atoms with Crippen LogP contribution in [0.3, 0.4) is 0 Å². The lowest BCUT2D eigenvalue weighted by Crippen LogP contribution is -2.46. The number of aliphatic hydroxyl groups is 2. The highest BCUT2D eigenvalue weighted by atomic mass is 16.6. The summed E-state index contributed by atoms with van der Waals surface area (Å²) in [4.78, 5) is 0. The van der Waals surface area contributed by atoms with Crippen LogP contribution < -0.4 is 0 Å². The standard InChI is InChI=1S/C25H36O3/c1-19(10-7-8-11-21(3)18-26)12-9-13-20(2)14-15-25-23(4,5)16-22(27)17-24(25,6)28-25/h7-15,22,26-27H,16-18H2,1-6H3/b8-7+,12-9+,15-14+,19-10+,20-13+,21-11+/t22-,24+,25-/m0/s1. The molecule has 1 aliphatic heterocycles. The summed E-state index contributed by atoms with van der Waals surface area (Å²) in [6.45, 7) is 12.6. The molecule has 2 N–H and O–H groups in total. The molecule has 0 spiro atoms. The molecule has 28 heavy (non-hydrogen) atoms. The third kappa shape index (κ3) is 5.02. The Morgan fingerprint density at radius 3 is 2.18 bits per heavy atom. The lowest BCUT2D eigenvalue weighted by molar-refractivity contribution is 0.0515. The fraction of sp³-hybridized carbons (Fsp3) is 0.520.